The van der Waals surface area contributed by atoms with Crippen molar-refractivity contribution in [1.82, 2.24) is 19.8 Å². The largest absolute Gasteiger partial charge is 0.342 e. The summed E-state index contributed by atoms with van der Waals surface area (Å²) in [6.07, 6.45) is 6.51. The fourth-order valence-electron chi connectivity index (χ4n) is 4.09. The average Bonchev–Trinajstić information content (AvgIpc) is 2.68. The Kier molecular flexibility index (Phi) is 5.89. The third-order valence-corrected chi connectivity index (χ3v) is 5.83. The summed E-state index contributed by atoms with van der Waals surface area (Å²) in [6.45, 7) is 8.69. The van der Waals surface area contributed by atoms with Crippen molar-refractivity contribution < 1.29 is 9.59 Å². The Morgan fingerprint density at radius 2 is 2.00 bits per heavy atom. The van der Waals surface area contributed by atoms with E-state index in [0.29, 0.717) is 13.1 Å². The van der Waals surface area contributed by atoms with Gasteiger partial charge < -0.3 is 9.80 Å². The average molecular weight is 358 g/mol. The van der Waals surface area contributed by atoms with Crippen molar-refractivity contribution in [2.45, 2.75) is 65.3 Å². The van der Waals surface area contributed by atoms with Gasteiger partial charge in [0, 0.05) is 63.1 Å². The molecule has 2 aliphatic heterocycles. The SMILES string of the molecule is CCC(CC)C(=O)N1CCc2nc(C3CCCN(C(C)=O)C3)ncc2C1. The first kappa shape index (κ1) is 18.8. The van der Waals surface area contributed by atoms with Crippen molar-refractivity contribution in [3.63, 3.8) is 0 Å². The molecule has 3 rings (SSSR count). The number of carbonyl (C=O) groups excluding carboxylic acids is 2. The minimum Gasteiger partial charge on any atom is -0.342 e. The zero-order valence-corrected chi connectivity index (χ0v) is 16.2. The number of likely N-dealkylation sites (tertiary alicyclic amines) is 1. The van der Waals surface area contributed by atoms with Crippen LogP contribution in [0.4, 0.5) is 0 Å². The Morgan fingerprint density at radius 1 is 1.23 bits per heavy atom. The van der Waals surface area contributed by atoms with Gasteiger partial charge in [-0.25, -0.2) is 9.97 Å². The minimum atomic E-state index is 0.122. The van der Waals surface area contributed by atoms with Gasteiger partial charge in [0.25, 0.3) is 0 Å². The van der Waals surface area contributed by atoms with Crippen LogP contribution in [0, 0.1) is 5.92 Å². The number of aromatic nitrogens is 2. The van der Waals surface area contributed by atoms with E-state index in [0.717, 1.165) is 62.3 Å². The molecule has 0 radical (unpaired) electrons. The Hall–Kier alpha value is -1.98. The summed E-state index contributed by atoms with van der Waals surface area (Å²) in [5.74, 6) is 1.59. The molecule has 142 valence electrons. The van der Waals surface area contributed by atoms with Crippen LogP contribution in [0.25, 0.3) is 0 Å². The second-order valence-electron chi connectivity index (χ2n) is 7.53. The molecule has 0 bridgehead atoms. The van der Waals surface area contributed by atoms with Gasteiger partial charge in [-0.15, -0.1) is 0 Å². The van der Waals surface area contributed by atoms with Crippen molar-refractivity contribution in [1.29, 1.82) is 0 Å². The van der Waals surface area contributed by atoms with Gasteiger partial charge in [-0.1, -0.05) is 13.8 Å². The van der Waals surface area contributed by atoms with Crippen LogP contribution in [0.5, 0.6) is 0 Å². The zero-order valence-electron chi connectivity index (χ0n) is 16.2. The second-order valence-corrected chi connectivity index (χ2v) is 7.53. The van der Waals surface area contributed by atoms with Gasteiger partial charge in [0.15, 0.2) is 0 Å². The molecule has 0 aromatic carbocycles. The third-order valence-electron chi connectivity index (χ3n) is 5.83. The van der Waals surface area contributed by atoms with E-state index >= 15 is 0 Å². The van der Waals surface area contributed by atoms with Gasteiger partial charge in [0.05, 0.1) is 5.69 Å². The van der Waals surface area contributed by atoms with Crippen molar-refractivity contribution in [3.05, 3.63) is 23.3 Å². The quantitative estimate of drug-likeness (QED) is 0.829. The monoisotopic (exact) mass is 358 g/mol. The van der Waals surface area contributed by atoms with Crippen molar-refractivity contribution in [3.8, 4) is 0 Å². The molecule has 2 amide bonds. The molecule has 1 aromatic rings. The zero-order chi connectivity index (χ0) is 18.7. The van der Waals surface area contributed by atoms with Gasteiger partial charge in [0.1, 0.15) is 5.82 Å². The van der Waals surface area contributed by atoms with E-state index < -0.39 is 0 Å². The molecule has 2 aliphatic rings. The van der Waals surface area contributed by atoms with Gasteiger partial charge >= 0.3 is 0 Å². The Balaban J connectivity index is 1.71. The van der Waals surface area contributed by atoms with E-state index in [2.05, 4.69) is 18.8 Å². The van der Waals surface area contributed by atoms with Crippen LogP contribution >= 0.6 is 0 Å². The normalized spacial score (nSPS) is 20.2. The number of fused-ring (bicyclic) bond motifs is 1. The number of nitrogens with zero attached hydrogens (tertiary/aromatic N) is 4. The van der Waals surface area contributed by atoms with Crippen LogP contribution in [0.1, 0.15) is 69.5 Å². The first-order valence-corrected chi connectivity index (χ1v) is 9.92. The van der Waals surface area contributed by atoms with E-state index in [9.17, 15) is 9.59 Å². The topological polar surface area (TPSA) is 66.4 Å². The molecular formula is C20H30N4O2. The highest BCUT2D eigenvalue weighted by molar-refractivity contribution is 5.79. The summed E-state index contributed by atoms with van der Waals surface area (Å²) in [4.78, 5) is 37.6. The predicted octanol–water partition coefficient (Wildman–Crippen LogP) is 2.52. The Bertz CT molecular complexity index is 672. The number of amides is 2. The molecule has 6 nitrogen and oxygen atoms in total. The molecule has 0 N–H and O–H groups in total. The third kappa shape index (κ3) is 3.89. The highest BCUT2D eigenvalue weighted by Gasteiger charge is 2.29. The second kappa shape index (κ2) is 8.14. The van der Waals surface area contributed by atoms with Crippen LogP contribution in [0.15, 0.2) is 6.20 Å². The summed E-state index contributed by atoms with van der Waals surface area (Å²) in [5.41, 5.74) is 2.14. The lowest BCUT2D eigenvalue weighted by Crippen LogP contribution is -2.40. The summed E-state index contributed by atoms with van der Waals surface area (Å²) in [5, 5.41) is 0. The molecule has 1 unspecified atom stereocenters. The van der Waals surface area contributed by atoms with E-state index in [4.69, 9.17) is 4.98 Å². The summed E-state index contributed by atoms with van der Waals surface area (Å²) in [7, 11) is 0. The van der Waals surface area contributed by atoms with Crippen molar-refractivity contribution in [2.24, 2.45) is 5.92 Å². The molecule has 0 spiro atoms. The molecule has 1 fully saturated rings. The van der Waals surface area contributed by atoms with Crippen molar-refractivity contribution >= 4 is 11.8 Å². The summed E-state index contributed by atoms with van der Waals surface area (Å²) >= 11 is 0. The van der Waals surface area contributed by atoms with E-state index in [1.807, 2.05) is 16.0 Å². The lowest BCUT2D eigenvalue weighted by Gasteiger charge is -2.33. The number of rotatable bonds is 4. The van der Waals surface area contributed by atoms with Crippen LogP contribution in [-0.2, 0) is 22.6 Å². The smallest absolute Gasteiger partial charge is 0.225 e. The molecular weight excluding hydrogens is 328 g/mol. The summed E-state index contributed by atoms with van der Waals surface area (Å²) < 4.78 is 0. The van der Waals surface area contributed by atoms with Gasteiger partial charge in [-0.3, -0.25) is 9.59 Å². The van der Waals surface area contributed by atoms with E-state index in [1.165, 1.54) is 0 Å². The maximum absolute atomic E-state index is 12.6. The number of piperidine rings is 1. The van der Waals surface area contributed by atoms with Gasteiger partial charge in [-0.2, -0.15) is 0 Å². The standard InChI is InChI=1S/C20H30N4O2/c1-4-15(5-2)20(26)24-10-8-18-17(13-24)11-21-19(22-18)16-7-6-9-23(12-16)14(3)25/h11,15-16H,4-10,12-13H2,1-3H3. The molecule has 1 saturated heterocycles. The van der Waals surface area contributed by atoms with E-state index in [-0.39, 0.29) is 23.7 Å². The van der Waals surface area contributed by atoms with Crippen molar-refractivity contribution in [2.75, 3.05) is 19.6 Å². The number of carbonyl (C=O) groups is 2. The van der Waals surface area contributed by atoms with Crippen LogP contribution < -0.4 is 0 Å². The fraction of sp³-hybridized carbons (Fsp3) is 0.700. The minimum absolute atomic E-state index is 0.122. The molecule has 1 aromatic heterocycles. The summed E-state index contributed by atoms with van der Waals surface area (Å²) in [6, 6.07) is 0. The fourth-order valence-corrected chi connectivity index (χ4v) is 4.09. The Morgan fingerprint density at radius 3 is 2.69 bits per heavy atom. The van der Waals surface area contributed by atoms with Crippen LogP contribution in [0.2, 0.25) is 0 Å². The lowest BCUT2D eigenvalue weighted by atomic mass is 9.96. The van der Waals surface area contributed by atoms with Gasteiger partial charge in [-0.05, 0) is 25.7 Å². The first-order valence-electron chi connectivity index (χ1n) is 9.92. The Labute approximate surface area is 156 Å². The highest BCUT2D eigenvalue weighted by atomic mass is 16.2. The molecule has 0 aliphatic carbocycles. The van der Waals surface area contributed by atoms with E-state index in [1.54, 1.807) is 6.92 Å². The lowest BCUT2D eigenvalue weighted by molar-refractivity contribution is -0.136. The molecule has 3 heterocycles. The van der Waals surface area contributed by atoms with Gasteiger partial charge in [0.2, 0.25) is 11.8 Å². The van der Waals surface area contributed by atoms with Crippen LogP contribution in [0.3, 0.4) is 0 Å². The maximum atomic E-state index is 12.6. The molecule has 26 heavy (non-hydrogen) atoms. The number of hydrogen-bond acceptors (Lipinski definition) is 4. The predicted molar refractivity (Wildman–Crippen MR) is 99.5 cm³/mol. The molecule has 6 heteroatoms. The first-order chi connectivity index (χ1) is 12.5. The highest BCUT2D eigenvalue weighted by Crippen LogP contribution is 2.27. The maximum Gasteiger partial charge on any atom is 0.225 e. The molecule has 0 saturated carbocycles. The number of hydrogen-bond donors (Lipinski definition) is 0. The van der Waals surface area contributed by atoms with Crippen LogP contribution in [-0.4, -0.2) is 51.2 Å². The molecule has 1 atom stereocenters.